The topological polar surface area (TPSA) is 76.4 Å². The number of aromatic nitrogens is 3. The largest absolute Gasteiger partial charge is 0.496 e. The van der Waals surface area contributed by atoms with Crippen LogP contribution in [0.1, 0.15) is 11.4 Å². The Labute approximate surface area is 152 Å². The van der Waals surface area contributed by atoms with Crippen LogP contribution in [0.3, 0.4) is 0 Å². The monoisotopic (exact) mass is 350 g/mol. The zero-order valence-corrected chi connectivity index (χ0v) is 14.9. The van der Waals surface area contributed by atoms with Crippen molar-refractivity contribution in [3.8, 4) is 11.4 Å². The number of para-hydroxylation sites is 2. The molecule has 3 aromatic rings. The van der Waals surface area contributed by atoms with Gasteiger partial charge in [0.05, 0.1) is 13.7 Å². The van der Waals surface area contributed by atoms with Gasteiger partial charge in [0.15, 0.2) is 11.8 Å². The van der Waals surface area contributed by atoms with Crippen molar-refractivity contribution >= 4 is 5.96 Å². The van der Waals surface area contributed by atoms with Gasteiger partial charge in [-0.25, -0.2) is 0 Å². The smallest absolute Gasteiger partial charge is 0.191 e. The minimum atomic E-state index is 0.500. The van der Waals surface area contributed by atoms with Gasteiger partial charge in [-0.3, -0.25) is 9.56 Å². The lowest BCUT2D eigenvalue weighted by Crippen LogP contribution is -2.37. The van der Waals surface area contributed by atoms with E-state index in [9.17, 15) is 0 Å². The summed E-state index contributed by atoms with van der Waals surface area (Å²) in [6, 6.07) is 17.9. The summed E-state index contributed by atoms with van der Waals surface area (Å²) in [7, 11) is 3.40. The molecule has 1 heterocycles. The Morgan fingerprint density at radius 2 is 1.77 bits per heavy atom. The first-order valence-electron chi connectivity index (χ1n) is 8.32. The number of hydrogen-bond donors (Lipinski definition) is 2. The lowest BCUT2D eigenvalue weighted by Gasteiger charge is -2.14. The zero-order valence-electron chi connectivity index (χ0n) is 14.9. The van der Waals surface area contributed by atoms with E-state index in [1.165, 1.54) is 0 Å². The van der Waals surface area contributed by atoms with Crippen LogP contribution in [0.25, 0.3) is 5.69 Å². The number of nitrogens with zero attached hydrogens (tertiary/aromatic N) is 4. The molecule has 0 aliphatic carbocycles. The van der Waals surface area contributed by atoms with Crippen LogP contribution in [0.2, 0.25) is 0 Å². The molecule has 0 radical (unpaired) electrons. The number of ether oxygens (including phenoxy) is 1. The van der Waals surface area contributed by atoms with Gasteiger partial charge < -0.3 is 15.4 Å². The molecule has 0 saturated carbocycles. The molecule has 0 unspecified atom stereocenters. The van der Waals surface area contributed by atoms with Gasteiger partial charge >= 0.3 is 0 Å². The normalized spacial score (nSPS) is 11.2. The molecular weight excluding hydrogens is 328 g/mol. The van der Waals surface area contributed by atoms with Crippen molar-refractivity contribution in [1.82, 2.24) is 25.4 Å². The van der Waals surface area contributed by atoms with Crippen molar-refractivity contribution in [2.75, 3.05) is 14.2 Å². The minimum Gasteiger partial charge on any atom is -0.496 e. The number of hydrogen-bond acceptors (Lipinski definition) is 4. The fraction of sp³-hybridized carbons (Fsp3) is 0.211. The van der Waals surface area contributed by atoms with E-state index in [1.807, 2.05) is 59.2 Å². The van der Waals surface area contributed by atoms with Crippen LogP contribution in [-0.4, -0.2) is 34.9 Å². The second kappa shape index (κ2) is 8.66. The molecular formula is C19H22N6O. The molecule has 0 aliphatic rings. The number of nitrogens with one attached hydrogen (secondary N) is 2. The fourth-order valence-electron chi connectivity index (χ4n) is 2.60. The van der Waals surface area contributed by atoms with Crippen LogP contribution >= 0.6 is 0 Å². The summed E-state index contributed by atoms with van der Waals surface area (Å²) < 4.78 is 7.32. The van der Waals surface area contributed by atoms with Gasteiger partial charge in [-0.2, -0.15) is 0 Å². The lowest BCUT2D eigenvalue weighted by molar-refractivity contribution is 0.409. The maximum atomic E-state index is 5.37. The quantitative estimate of drug-likeness (QED) is 0.526. The van der Waals surface area contributed by atoms with Crippen LogP contribution < -0.4 is 15.4 Å². The van der Waals surface area contributed by atoms with Gasteiger partial charge in [0.2, 0.25) is 0 Å². The first kappa shape index (κ1) is 17.5. The van der Waals surface area contributed by atoms with Crippen molar-refractivity contribution in [3.05, 3.63) is 72.3 Å². The van der Waals surface area contributed by atoms with E-state index in [0.29, 0.717) is 19.0 Å². The third kappa shape index (κ3) is 4.18. The van der Waals surface area contributed by atoms with Crippen LogP contribution in [0.15, 0.2) is 65.9 Å². The summed E-state index contributed by atoms with van der Waals surface area (Å²) >= 11 is 0. The average molecular weight is 350 g/mol. The molecule has 7 heteroatoms. The van der Waals surface area contributed by atoms with Crippen LogP contribution in [0.4, 0.5) is 0 Å². The van der Waals surface area contributed by atoms with E-state index >= 15 is 0 Å². The predicted molar refractivity (Wildman–Crippen MR) is 101 cm³/mol. The van der Waals surface area contributed by atoms with Crippen LogP contribution in [0, 0.1) is 0 Å². The SMILES string of the molecule is CN=C(NCc1ccccc1OC)NCc1nncn1-c1ccccc1. The van der Waals surface area contributed by atoms with Gasteiger partial charge in [0.1, 0.15) is 12.1 Å². The molecule has 0 spiro atoms. The Hall–Kier alpha value is -3.35. The molecule has 3 rings (SSSR count). The van der Waals surface area contributed by atoms with Gasteiger partial charge in [-0.1, -0.05) is 36.4 Å². The van der Waals surface area contributed by atoms with Crippen LogP contribution in [-0.2, 0) is 13.1 Å². The number of methoxy groups -OCH3 is 1. The maximum Gasteiger partial charge on any atom is 0.191 e. The van der Waals surface area contributed by atoms with Gasteiger partial charge in [-0.15, -0.1) is 10.2 Å². The van der Waals surface area contributed by atoms with Crippen molar-refractivity contribution in [1.29, 1.82) is 0 Å². The number of guanidine groups is 1. The van der Waals surface area contributed by atoms with E-state index in [2.05, 4.69) is 25.8 Å². The molecule has 0 aliphatic heterocycles. The number of benzene rings is 2. The molecule has 0 atom stereocenters. The molecule has 0 saturated heterocycles. The van der Waals surface area contributed by atoms with E-state index in [1.54, 1.807) is 20.5 Å². The standard InChI is InChI=1S/C19H22N6O/c1-20-19(21-12-15-8-6-7-11-17(15)26-2)22-13-18-24-23-14-25(18)16-9-4-3-5-10-16/h3-11,14H,12-13H2,1-2H3,(H2,20,21,22). The average Bonchev–Trinajstić information content (AvgIpc) is 3.17. The molecule has 2 N–H and O–H groups in total. The molecule has 0 amide bonds. The minimum absolute atomic E-state index is 0.500. The third-order valence-electron chi connectivity index (χ3n) is 3.93. The van der Waals surface area contributed by atoms with Crippen molar-refractivity contribution in [2.24, 2.45) is 4.99 Å². The Kier molecular flexibility index (Phi) is 5.82. The molecule has 134 valence electrons. The predicted octanol–water partition coefficient (Wildman–Crippen LogP) is 2.14. The van der Waals surface area contributed by atoms with E-state index in [4.69, 9.17) is 4.74 Å². The molecule has 0 bridgehead atoms. The highest BCUT2D eigenvalue weighted by Crippen LogP contribution is 2.16. The molecule has 2 aromatic carbocycles. The molecule has 7 nitrogen and oxygen atoms in total. The van der Waals surface area contributed by atoms with Gasteiger partial charge in [-0.05, 0) is 18.2 Å². The van der Waals surface area contributed by atoms with E-state index in [0.717, 1.165) is 22.8 Å². The summed E-state index contributed by atoms with van der Waals surface area (Å²) in [5, 5.41) is 14.8. The first-order valence-corrected chi connectivity index (χ1v) is 8.32. The molecule has 26 heavy (non-hydrogen) atoms. The van der Waals surface area contributed by atoms with Gasteiger partial charge in [0.25, 0.3) is 0 Å². The van der Waals surface area contributed by atoms with Crippen molar-refractivity contribution in [3.63, 3.8) is 0 Å². The maximum absolute atomic E-state index is 5.37. The summed E-state index contributed by atoms with van der Waals surface area (Å²) in [5.74, 6) is 2.33. The molecule has 0 fully saturated rings. The lowest BCUT2D eigenvalue weighted by atomic mass is 10.2. The third-order valence-corrected chi connectivity index (χ3v) is 3.93. The van der Waals surface area contributed by atoms with Crippen molar-refractivity contribution in [2.45, 2.75) is 13.1 Å². The number of rotatable bonds is 6. The second-order valence-electron chi connectivity index (χ2n) is 5.54. The Morgan fingerprint density at radius 1 is 1.04 bits per heavy atom. The van der Waals surface area contributed by atoms with Gasteiger partial charge in [0, 0.05) is 24.8 Å². The first-order chi connectivity index (χ1) is 12.8. The van der Waals surface area contributed by atoms with E-state index in [-0.39, 0.29) is 0 Å². The van der Waals surface area contributed by atoms with Crippen molar-refractivity contribution < 1.29 is 4.74 Å². The number of aliphatic imine (C=N–C) groups is 1. The van der Waals surface area contributed by atoms with Crippen LogP contribution in [0.5, 0.6) is 5.75 Å². The Bertz CT molecular complexity index is 859. The summed E-state index contributed by atoms with van der Waals surface area (Å²) in [5.41, 5.74) is 2.08. The summed E-state index contributed by atoms with van der Waals surface area (Å²) in [4.78, 5) is 4.26. The highest BCUT2D eigenvalue weighted by Gasteiger charge is 2.08. The highest BCUT2D eigenvalue weighted by molar-refractivity contribution is 5.79. The Morgan fingerprint density at radius 3 is 2.54 bits per heavy atom. The fourth-order valence-corrected chi connectivity index (χ4v) is 2.60. The second-order valence-corrected chi connectivity index (χ2v) is 5.54. The Balaban J connectivity index is 1.61. The van der Waals surface area contributed by atoms with E-state index < -0.39 is 0 Å². The summed E-state index contributed by atoms with van der Waals surface area (Å²) in [6.07, 6.45) is 1.71. The molecule has 1 aromatic heterocycles. The zero-order chi connectivity index (χ0) is 18.2. The highest BCUT2D eigenvalue weighted by atomic mass is 16.5. The summed E-state index contributed by atoms with van der Waals surface area (Å²) in [6.45, 7) is 1.11.